The first-order valence-electron chi connectivity index (χ1n) is 15.4. The number of benzene rings is 1. The topological polar surface area (TPSA) is 85.6 Å². The first kappa shape index (κ1) is 32.3. The van der Waals surface area contributed by atoms with E-state index >= 15 is 0 Å². The van der Waals surface area contributed by atoms with Crippen molar-refractivity contribution < 1.29 is 31.8 Å². The van der Waals surface area contributed by atoms with Crippen LogP contribution in [0.1, 0.15) is 53.6 Å². The maximum Gasteiger partial charge on any atom is 0.416 e. The molecule has 1 amide bonds. The summed E-state index contributed by atoms with van der Waals surface area (Å²) in [5, 5.41) is 0. The van der Waals surface area contributed by atoms with Crippen molar-refractivity contribution in [3.8, 4) is 28.1 Å². The van der Waals surface area contributed by atoms with Gasteiger partial charge in [-0.3, -0.25) is 4.90 Å². The van der Waals surface area contributed by atoms with Crippen LogP contribution in [0.3, 0.4) is 0 Å². The monoisotopic (exact) mass is 652 g/mol. The van der Waals surface area contributed by atoms with Crippen LogP contribution in [0.2, 0.25) is 0 Å². The van der Waals surface area contributed by atoms with Crippen LogP contribution in [0.25, 0.3) is 22.3 Å². The number of halogens is 4. The maximum absolute atomic E-state index is 13.8. The molecule has 0 unspecified atom stereocenters. The Morgan fingerprint density at radius 2 is 1.79 bits per heavy atom. The van der Waals surface area contributed by atoms with Crippen molar-refractivity contribution in [2.24, 2.45) is 0 Å². The van der Waals surface area contributed by atoms with Gasteiger partial charge in [0.15, 0.2) is 0 Å². The standard InChI is InChI=1S/C34H36F4N6O3/c1-7-42-14-19(3)29(20(42)4)23-11-26(31(46-6)39-12-23)27-13-40-32(43-15-25(35)16-43)41-28(27)17-44-21(5)30(47-33(44)45)22-8-18(2)9-24(10-22)34(36,37)38/h8-14,21,25,30H,7,15-17H2,1-6H3/t21-,30-/m0/s1. The predicted molar refractivity (Wildman–Crippen MR) is 168 cm³/mol. The molecule has 5 heterocycles. The fourth-order valence-electron chi connectivity index (χ4n) is 6.49. The number of anilines is 1. The van der Waals surface area contributed by atoms with Crippen LogP contribution in [0.15, 0.2) is 42.9 Å². The molecule has 248 valence electrons. The van der Waals surface area contributed by atoms with Crippen LogP contribution in [-0.2, 0) is 24.0 Å². The first-order chi connectivity index (χ1) is 22.3. The quantitative estimate of drug-likeness (QED) is 0.186. The van der Waals surface area contributed by atoms with Crippen molar-refractivity contribution in [2.45, 2.75) is 72.2 Å². The third kappa shape index (κ3) is 5.98. The average Bonchev–Trinajstić information content (AvgIpc) is 3.47. The van der Waals surface area contributed by atoms with Gasteiger partial charge in [0.2, 0.25) is 11.8 Å². The minimum Gasteiger partial charge on any atom is -0.481 e. The van der Waals surface area contributed by atoms with Gasteiger partial charge in [-0.1, -0.05) is 11.6 Å². The van der Waals surface area contributed by atoms with Crippen LogP contribution < -0.4 is 9.64 Å². The molecule has 1 aromatic carbocycles. The molecule has 3 aromatic heterocycles. The van der Waals surface area contributed by atoms with Crippen molar-refractivity contribution in [2.75, 3.05) is 25.1 Å². The van der Waals surface area contributed by atoms with Gasteiger partial charge in [-0.25, -0.2) is 24.1 Å². The second-order valence-electron chi connectivity index (χ2n) is 12.2. The number of aromatic nitrogens is 4. The zero-order chi connectivity index (χ0) is 33.8. The molecule has 0 saturated carbocycles. The number of hydrogen-bond donors (Lipinski definition) is 0. The number of methoxy groups -OCH3 is 1. The third-order valence-electron chi connectivity index (χ3n) is 8.94. The fourth-order valence-corrected chi connectivity index (χ4v) is 6.49. The molecule has 2 saturated heterocycles. The fraction of sp³-hybridized carbons (Fsp3) is 0.412. The van der Waals surface area contributed by atoms with Gasteiger partial charge in [-0.05, 0) is 63.9 Å². The van der Waals surface area contributed by atoms with Gasteiger partial charge < -0.3 is 18.9 Å². The molecule has 0 aliphatic carbocycles. The Labute approximate surface area is 270 Å². The van der Waals surface area contributed by atoms with E-state index in [2.05, 4.69) is 27.7 Å². The van der Waals surface area contributed by atoms with Crippen LogP contribution in [0.5, 0.6) is 5.88 Å². The Kier molecular flexibility index (Phi) is 8.35. The summed E-state index contributed by atoms with van der Waals surface area (Å²) >= 11 is 0. The van der Waals surface area contributed by atoms with Crippen LogP contribution in [-0.4, -0.2) is 62.9 Å². The predicted octanol–water partition coefficient (Wildman–Crippen LogP) is 7.22. The van der Waals surface area contributed by atoms with Crippen LogP contribution >= 0.6 is 0 Å². The summed E-state index contributed by atoms with van der Waals surface area (Å²) in [6, 6.07) is 4.99. The highest BCUT2D eigenvalue weighted by molar-refractivity contribution is 5.79. The molecule has 0 bridgehead atoms. The Morgan fingerprint density at radius 1 is 1.04 bits per heavy atom. The number of alkyl halides is 4. The summed E-state index contributed by atoms with van der Waals surface area (Å²) < 4.78 is 68.2. The number of pyridine rings is 1. The minimum atomic E-state index is -4.55. The van der Waals surface area contributed by atoms with E-state index in [-0.39, 0.29) is 25.2 Å². The number of hydrogen-bond acceptors (Lipinski definition) is 7. The van der Waals surface area contributed by atoms with Gasteiger partial charge in [-0.2, -0.15) is 13.2 Å². The molecule has 2 atom stereocenters. The number of amides is 1. The highest BCUT2D eigenvalue weighted by Gasteiger charge is 2.42. The molecule has 6 rings (SSSR count). The molecule has 4 aromatic rings. The number of ether oxygens (including phenoxy) is 2. The van der Waals surface area contributed by atoms with Crippen molar-refractivity contribution >= 4 is 12.0 Å². The molecule has 2 aliphatic heterocycles. The Hall–Kier alpha value is -4.68. The molecule has 0 radical (unpaired) electrons. The molecular formula is C34H36F4N6O3. The number of cyclic esters (lactones) is 1. The molecule has 0 spiro atoms. The van der Waals surface area contributed by atoms with Crippen LogP contribution in [0, 0.1) is 20.8 Å². The van der Waals surface area contributed by atoms with E-state index < -0.39 is 36.2 Å². The number of aryl methyl sites for hydroxylation is 3. The van der Waals surface area contributed by atoms with E-state index in [1.165, 1.54) is 12.0 Å². The Balaban J connectivity index is 1.41. The zero-order valence-corrected chi connectivity index (χ0v) is 27.0. The summed E-state index contributed by atoms with van der Waals surface area (Å²) in [5.74, 6) is 0.622. The van der Waals surface area contributed by atoms with Crippen LogP contribution in [0.4, 0.5) is 28.3 Å². The summed E-state index contributed by atoms with van der Waals surface area (Å²) in [6.45, 7) is 10.5. The summed E-state index contributed by atoms with van der Waals surface area (Å²) in [7, 11) is 1.51. The molecular weight excluding hydrogens is 616 g/mol. The normalized spacial score (nSPS) is 18.5. The smallest absolute Gasteiger partial charge is 0.416 e. The number of carbonyl (C=O) groups is 1. The van der Waals surface area contributed by atoms with E-state index in [0.717, 1.165) is 41.1 Å². The summed E-state index contributed by atoms with van der Waals surface area (Å²) in [5.41, 5.74) is 5.46. The third-order valence-corrected chi connectivity index (χ3v) is 8.94. The van der Waals surface area contributed by atoms with E-state index in [1.54, 1.807) is 37.2 Å². The maximum atomic E-state index is 13.8. The van der Waals surface area contributed by atoms with Gasteiger partial charge in [0.25, 0.3) is 0 Å². The summed E-state index contributed by atoms with van der Waals surface area (Å²) in [6.07, 6.45) is -1.72. The van der Waals surface area contributed by atoms with Crippen molar-refractivity contribution in [3.63, 3.8) is 0 Å². The van der Waals surface area contributed by atoms with E-state index in [1.807, 2.05) is 19.9 Å². The summed E-state index contributed by atoms with van der Waals surface area (Å²) in [4.78, 5) is 30.4. The van der Waals surface area contributed by atoms with Gasteiger partial charge in [0.05, 0.1) is 44.0 Å². The number of carbonyl (C=O) groups excluding carboxylic acids is 1. The Morgan fingerprint density at radius 3 is 2.43 bits per heavy atom. The van der Waals surface area contributed by atoms with Crippen molar-refractivity contribution in [1.82, 2.24) is 24.4 Å². The average molecular weight is 653 g/mol. The molecule has 2 aliphatic rings. The van der Waals surface area contributed by atoms with Crippen molar-refractivity contribution in [1.29, 1.82) is 0 Å². The van der Waals surface area contributed by atoms with Crippen molar-refractivity contribution in [3.05, 3.63) is 76.5 Å². The minimum absolute atomic E-state index is 0.0517. The second kappa shape index (κ2) is 12.2. The lowest BCUT2D eigenvalue weighted by molar-refractivity contribution is -0.137. The number of nitrogens with zero attached hydrogens (tertiary/aromatic N) is 6. The zero-order valence-electron chi connectivity index (χ0n) is 27.0. The highest BCUT2D eigenvalue weighted by atomic mass is 19.4. The molecule has 47 heavy (non-hydrogen) atoms. The second-order valence-corrected chi connectivity index (χ2v) is 12.2. The van der Waals surface area contributed by atoms with E-state index in [4.69, 9.17) is 14.5 Å². The van der Waals surface area contributed by atoms with Gasteiger partial charge in [0, 0.05) is 53.1 Å². The van der Waals surface area contributed by atoms with E-state index in [9.17, 15) is 22.4 Å². The van der Waals surface area contributed by atoms with Gasteiger partial charge in [0.1, 0.15) is 12.3 Å². The Bertz CT molecular complexity index is 1840. The van der Waals surface area contributed by atoms with Gasteiger partial charge >= 0.3 is 12.3 Å². The lowest BCUT2D eigenvalue weighted by Crippen LogP contribution is -2.49. The molecule has 13 heteroatoms. The lowest BCUT2D eigenvalue weighted by atomic mass is 9.97. The SMILES string of the molecule is CCn1cc(C)c(-c2cnc(OC)c(-c3cnc(N4CC(F)C4)nc3CN3C(=O)O[C@H](c4cc(C)cc(C(F)(F)F)c4)[C@@H]3C)c2)c1C. The van der Waals surface area contributed by atoms with Gasteiger partial charge in [-0.15, -0.1) is 0 Å². The molecule has 9 nitrogen and oxygen atoms in total. The highest BCUT2D eigenvalue weighted by Crippen LogP contribution is 2.40. The molecule has 0 N–H and O–H groups in total. The largest absolute Gasteiger partial charge is 0.481 e. The molecule has 2 fully saturated rings. The van der Waals surface area contributed by atoms with E-state index in [0.29, 0.717) is 34.2 Å². The first-order valence-corrected chi connectivity index (χ1v) is 15.4. The number of rotatable bonds is 8. The lowest BCUT2D eigenvalue weighted by Gasteiger charge is -2.34.